The predicted octanol–water partition coefficient (Wildman–Crippen LogP) is 2.96. The summed E-state index contributed by atoms with van der Waals surface area (Å²) >= 11 is 0. The predicted molar refractivity (Wildman–Crippen MR) is 67.4 cm³/mol. The van der Waals surface area contributed by atoms with Gasteiger partial charge in [0.05, 0.1) is 11.0 Å². The molecule has 0 aromatic heterocycles. The van der Waals surface area contributed by atoms with Crippen LogP contribution in [0, 0.1) is 10.1 Å². The molecule has 0 N–H and O–H groups in total. The summed E-state index contributed by atoms with van der Waals surface area (Å²) in [5.74, 6) is 0. The Balaban J connectivity index is 2.76. The van der Waals surface area contributed by atoms with E-state index in [1.54, 1.807) is 12.1 Å². The maximum atomic E-state index is 10.6. The van der Waals surface area contributed by atoms with Gasteiger partial charge in [-0.05, 0) is 29.6 Å². The molecule has 1 atom stereocenters. The lowest BCUT2D eigenvalue weighted by atomic mass is 10.1. The van der Waals surface area contributed by atoms with E-state index in [0.717, 1.165) is 5.56 Å². The van der Waals surface area contributed by atoms with Crippen molar-refractivity contribution >= 4 is 5.69 Å². The van der Waals surface area contributed by atoms with Gasteiger partial charge in [-0.3, -0.25) is 10.1 Å². The van der Waals surface area contributed by atoms with Crippen LogP contribution < -0.4 is 0 Å². The van der Waals surface area contributed by atoms with E-state index >= 15 is 0 Å². The van der Waals surface area contributed by atoms with Gasteiger partial charge in [0.25, 0.3) is 5.69 Å². The fourth-order valence-electron chi connectivity index (χ4n) is 1.53. The van der Waals surface area contributed by atoms with E-state index in [1.165, 1.54) is 19.2 Å². The first-order chi connectivity index (χ1) is 9.19. The second kappa shape index (κ2) is 8.04. The highest BCUT2D eigenvalue weighted by Gasteiger charge is 2.13. The van der Waals surface area contributed by atoms with E-state index in [-0.39, 0.29) is 25.1 Å². The maximum absolute atomic E-state index is 10.6. The molecule has 8 nitrogen and oxygen atoms in total. The van der Waals surface area contributed by atoms with Crippen molar-refractivity contribution in [3.63, 3.8) is 0 Å². The van der Waals surface area contributed by atoms with Crippen LogP contribution in [0.25, 0.3) is 10.4 Å². The lowest BCUT2D eigenvalue weighted by molar-refractivity contribution is -0.384. The van der Waals surface area contributed by atoms with E-state index in [1.807, 2.05) is 0 Å². The van der Waals surface area contributed by atoms with E-state index < -0.39 is 4.92 Å². The third-order valence-corrected chi connectivity index (χ3v) is 2.42. The summed E-state index contributed by atoms with van der Waals surface area (Å²) in [6.45, 7) is 0.375. The largest absolute Gasteiger partial charge is 0.359 e. The van der Waals surface area contributed by atoms with Gasteiger partial charge in [0.2, 0.25) is 0 Å². The molecular weight excluding hydrogens is 252 g/mol. The summed E-state index contributed by atoms with van der Waals surface area (Å²) in [5, 5.41) is 14.0. The van der Waals surface area contributed by atoms with E-state index in [4.69, 9.17) is 15.0 Å². The van der Waals surface area contributed by atoms with Crippen LogP contribution in [0.15, 0.2) is 29.4 Å². The summed E-state index contributed by atoms with van der Waals surface area (Å²) in [6.07, 6.45) is 0.150. The van der Waals surface area contributed by atoms with Crippen LogP contribution in [0.3, 0.4) is 0 Å². The van der Waals surface area contributed by atoms with Crippen molar-refractivity contribution in [1.82, 2.24) is 0 Å². The van der Waals surface area contributed by atoms with Crippen LogP contribution >= 0.6 is 0 Å². The number of benzene rings is 1. The van der Waals surface area contributed by atoms with Gasteiger partial charge in [-0.15, -0.1) is 0 Å². The van der Waals surface area contributed by atoms with Crippen molar-refractivity contribution in [3.05, 3.63) is 50.4 Å². The van der Waals surface area contributed by atoms with Crippen LogP contribution in [0.1, 0.15) is 18.1 Å². The van der Waals surface area contributed by atoms with Gasteiger partial charge in [0.1, 0.15) is 6.79 Å². The first-order valence-corrected chi connectivity index (χ1v) is 5.54. The number of nitro groups is 1. The zero-order valence-corrected chi connectivity index (χ0v) is 10.4. The van der Waals surface area contributed by atoms with Crippen molar-refractivity contribution in [2.24, 2.45) is 5.11 Å². The number of azide groups is 1. The molecule has 0 bridgehead atoms. The number of methoxy groups -OCH3 is 1. The molecule has 102 valence electrons. The fraction of sp³-hybridized carbons (Fsp3) is 0.455. The molecule has 0 aliphatic rings. The first-order valence-electron chi connectivity index (χ1n) is 5.54. The Bertz CT molecular complexity index is 456. The highest BCUT2D eigenvalue weighted by Crippen LogP contribution is 2.23. The van der Waals surface area contributed by atoms with Crippen LogP contribution in [0.5, 0.6) is 0 Å². The number of hydrogen-bond acceptors (Lipinski definition) is 5. The zero-order chi connectivity index (χ0) is 14.1. The zero-order valence-electron chi connectivity index (χ0n) is 10.4. The number of non-ortho nitro benzene ring substituents is 1. The lowest BCUT2D eigenvalue weighted by Crippen LogP contribution is -2.08. The normalized spacial score (nSPS) is 11.6. The maximum Gasteiger partial charge on any atom is 0.269 e. The first kappa shape index (κ1) is 14.9. The lowest BCUT2D eigenvalue weighted by Gasteiger charge is -2.16. The van der Waals surface area contributed by atoms with Gasteiger partial charge in [-0.25, -0.2) is 0 Å². The quantitative estimate of drug-likeness (QED) is 0.180. The molecule has 0 aliphatic carbocycles. The topological polar surface area (TPSA) is 110 Å². The third-order valence-electron chi connectivity index (χ3n) is 2.42. The summed E-state index contributed by atoms with van der Waals surface area (Å²) in [4.78, 5) is 12.8. The van der Waals surface area contributed by atoms with Gasteiger partial charge in [-0.1, -0.05) is 5.11 Å². The molecule has 0 aliphatic heterocycles. The standard InChI is InChI=1S/C11H14N4O4/c1-18-8-19-11(6-7-13-14-12)9-2-4-10(5-3-9)15(16)17/h2-5,11H,6-8H2,1H3. The Morgan fingerprint density at radius 1 is 1.47 bits per heavy atom. The average Bonchev–Trinajstić information content (AvgIpc) is 2.43. The molecule has 0 spiro atoms. The number of nitrogens with zero attached hydrogens (tertiary/aromatic N) is 4. The van der Waals surface area contributed by atoms with Crippen LogP contribution in [-0.4, -0.2) is 25.4 Å². The van der Waals surface area contributed by atoms with E-state index in [0.29, 0.717) is 6.42 Å². The van der Waals surface area contributed by atoms with Crippen LogP contribution in [-0.2, 0) is 9.47 Å². The molecule has 8 heteroatoms. The molecule has 0 heterocycles. The number of hydrogen-bond donors (Lipinski definition) is 0. The SMILES string of the molecule is COCOC(CCN=[N+]=[N-])c1ccc([N+](=O)[O-])cc1. The number of nitro benzene ring substituents is 1. The highest BCUT2D eigenvalue weighted by molar-refractivity contribution is 5.33. The van der Waals surface area contributed by atoms with Crippen LogP contribution in [0.2, 0.25) is 0 Å². The van der Waals surface area contributed by atoms with Gasteiger partial charge >= 0.3 is 0 Å². The molecular formula is C11H14N4O4. The molecule has 1 rings (SSSR count). The van der Waals surface area contributed by atoms with Gasteiger partial charge in [0.15, 0.2) is 0 Å². The van der Waals surface area contributed by atoms with Crippen molar-refractivity contribution in [3.8, 4) is 0 Å². The minimum absolute atomic E-state index is 0.0179. The van der Waals surface area contributed by atoms with Crippen molar-refractivity contribution in [1.29, 1.82) is 0 Å². The Morgan fingerprint density at radius 2 is 2.16 bits per heavy atom. The van der Waals surface area contributed by atoms with Crippen molar-refractivity contribution in [2.75, 3.05) is 20.4 Å². The molecule has 1 unspecified atom stereocenters. The summed E-state index contributed by atoms with van der Waals surface area (Å²) in [7, 11) is 1.50. The Morgan fingerprint density at radius 3 is 2.68 bits per heavy atom. The molecule has 1 aromatic rings. The molecule has 0 saturated carbocycles. The van der Waals surface area contributed by atoms with E-state index in [9.17, 15) is 10.1 Å². The average molecular weight is 266 g/mol. The van der Waals surface area contributed by atoms with Crippen molar-refractivity contribution < 1.29 is 14.4 Å². The van der Waals surface area contributed by atoms with Gasteiger partial charge in [-0.2, -0.15) is 0 Å². The third kappa shape index (κ3) is 4.92. The number of rotatable bonds is 8. The Kier molecular flexibility index (Phi) is 6.31. The molecule has 0 saturated heterocycles. The molecule has 19 heavy (non-hydrogen) atoms. The van der Waals surface area contributed by atoms with Crippen LogP contribution in [0.4, 0.5) is 5.69 Å². The monoisotopic (exact) mass is 266 g/mol. The summed E-state index contributed by atoms with van der Waals surface area (Å²) < 4.78 is 10.3. The Labute approximate surface area is 109 Å². The molecule has 0 amide bonds. The highest BCUT2D eigenvalue weighted by atomic mass is 16.7. The smallest absolute Gasteiger partial charge is 0.269 e. The molecule has 0 radical (unpaired) electrons. The van der Waals surface area contributed by atoms with Gasteiger partial charge in [0, 0.05) is 30.7 Å². The van der Waals surface area contributed by atoms with E-state index in [2.05, 4.69) is 10.0 Å². The summed E-state index contributed by atoms with van der Waals surface area (Å²) in [6, 6.07) is 6.06. The van der Waals surface area contributed by atoms with Gasteiger partial charge < -0.3 is 9.47 Å². The second-order valence-corrected chi connectivity index (χ2v) is 3.65. The number of ether oxygens (including phenoxy) is 2. The van der Waals surface area contributed by atoms with Crippen molar-refractivity contribution in [2.45, 2.75) is 12.5 Å². The summed E-state index contributed by atoms with van der Waals surface area (Å²) in [5.41, 5.74) is 9.03. The molecule has 0 fully saturated rings. The minimum atomic E-state index is -0.464. The second-order valence-electron chi connectivity index (χ2n) is 3.65. The Hall–Kier alpha value is -2.15. The minimum Gasteiger partial charge on any atom is -0.359 e. The molecule has 1 aromatic carbocycles. The fourth-order valence-corrected chi connectivity index (χ4v) is 1.53.